The molecule has 3 N–H and O–H groups in total. The van der Waals surface area contributed by atoms with Gasteiger partial charge in [-0.3, -0.25) is 4.79 Å². The minimum absolute atomic E-state index is 0.103. The van der Waals surface area contributed by atoms with E-state index >= 15 is 0 Å². The average Bonchev–Trinajstić information content (AvgIpc) is 2.82. The van der Waals surface area contributed by atoms with Crippen LogP contribution in [0.1, 0.15) is 24.5 Å². The molecule has 1 aliphatic rings. The maximum absolute atomic E-state index is 11.8. The van der Waals surface area contributed by atoms with Crippen molar-refractivity contribution in [1.29, 1.82) is 0 Å². The summed E-state index contributed by atoms with van der Waals surface area (Å²) in [6.07, 6.45) is -3.96. The van der Waals surface area contributed by atoms with Crippen molar-refractivity contribution >= 4 is 5.97 Å². The van der Waals surface area contributed by atoms with Crippen LogP contribution in [0.15, 0.2) is 60.7 Å². The summed E-state index contributed by atoms with van der Waals surface area (Å²) in [4.78, 5) is 11.8. The molecule has 2 aromatic rings. The highest BCUT2D eigenvalue weighted by Crippen LogP contribution is 2.28. The monoisotopic (exact) mass is 459 g/mol. The number of benzene rings is 2. The van der Waals surface area contributed by atoms with E-state index in [2.05, 4.69) is 0 Å². The zero-order valence-corrected chi connectivity index (χ0v) is 18.9. The van der Waals surface area contributed by atoms with Gasteiger partial charge in [0.2, 0.25) is 0 Å². The Morgan fingerprint density at radius 1 is 0.970 bits per heavy atom. The second-order valence-corrected chi connectivity index (χ2v) is 7.88. The Balaban J connectivity index is 1.70. The van der Waals surface area contributed by atoms with Crippen molar-refractivity contribution in [2.75, 3.05) is 19.8 Å². The molecule has 180 valence electrons. The second-order valence-electron chi connectivity index (χ2n) is 7.88. The molecule has 1 fully saturated rings. The highest BCUT2D eigenvalue weighted by molar-refractivity contribution is 5.66. The molecule has 1 heterocycles. The molecule has 5 unspecified atom stereocenters. The van der Waals surface area contributed by atoms with Gasteiger partial charge in [-0.15, -0.1) is 0 Å². The van der Waals surface area contributed by atoms with Crippen LogP contribution in [-0.2, 0) is 41.7 Å². The lowest BCUT2D eigenvalue weighted by Crippen LogP contribution is -2.61. The van der Waals surface area contributed by atoms with E-state index in [0.29, 0.717) is 26.2 Å². The molecular formula is C25H33NO7. The summed E-state index contributed by atoms with van der Waals surface area (Å²) in [6.45, 7) is 2.80. The molecule has 0 aromatic heterocycles. The number of hydrogen-bond acceptors (Lipinski definition) is 8. The molecule has 2 aromatic carbocycles. The van der Waals surface area contributed by atoms with Crippen molar-refractivity contribution in [3.05, 3.63) is 71.8 Å². The minimum Gasteiger partial charge on any atom is -0.457 e. The van der Waals surface area contributed by atoms with Crippen LogP contribution in [0.2, 0.25) is 0 Å². The first-order valence-corrected chi connectivity index (χ1v) is 11.2. The number of aliphatic hydroxyl groups excluding tert-OH is 1. The van der Waals surface area contributed by atoms with Crippen LogP contribution in [0.5, 0.6) is 0 Å². The lowest BCUT2D eigenvalue weighted by molar-refractivity contribution is -0.315. The fourth-order valence-electron chi connectivity index (χ4n) is 3.59. The third kappa shape index (κ3) is 7.89. The quantitative estimate of drug-likeness (QED) is 0.367. The Hall–Kier alpha value is -2.33. The van der Waals surface area contributed by atoms with Gasteiger partial charge < -0.3 is 34.5 Å². The maximum Gasteiger partial charge on any atom is 0.303 e. The number of hydrogen-bond donors (Lipinski definition) is 2. The number of rotatable bonds is 12. The van der Waals surface area contributed by atoms with E-state index in [-0.39, 0.29) is 13.2 Å². The molecule has 0 spiro atoms. The summed E-state index contributed by atoms with van der Waals surface area (Å²) in [5.41, 5.74) is 7.52. The predicted octanol–water partition coefficient (Wildman–Crippen LogP) is 2.17. The molecular weight excluding hydrogens is 426 g/mol. The number of carbonyl (C=O) groups excluding carboxylic acids is 1. The standard InChI is InChI=1S/C25H33NO7/c1-18(27)32-23-21(17-29-15-19-9-4-2-5-10-19)33-25(30-14-8-13-26)24(22(23)28)31-16-20-11-6-3-7-12-20/h2-7,9-12,21-25,28H,8,13-17,26H2,1H3. The van der Waals surface area contributed by atoms with Crippen molar-refractivity contribution in [3.8, 4) is 0 Å². The van der Waals surface area contributed by atoms with Gasteiger partial charge in [-0.25, -0.2) is 0 Å². The zero-order valence-electron chi connectivity index (χ0n) is 18.9. The Labute approximate surface area is 194 Å². The van der Waals surface area contributed by atoms with Crippen LogP contribution in [0, 0.1) is 0 Å². The van der Waals surface area contributed by atoms with Crippen molar-refractivity contribution in [1.82, 2.24) is 0 Å². The van der Waals surface area contributed by atoms with Gasteiger partial charge >= 0.3 is 5.97 Å². The van der Waals surface area contributed by atoms with Crippen molar-refractivity contribution in [3.63, 3.8) is 0 Å². The Morgan fingerprint density at radius 2 is 1.61 bits per heavy atom. The molecule has 5 atom stereocenters. The van der Waals surface area contributed by atoms with Gasteiger partial charge in [0.1, 0.15) is 18.3 Å². The first-order valence-electron chi connectivity index (χ1n) is 11.2. The summed E-state index contributed by atoms with van der Waals surface area (Å²) in [7, 11) is 0. The van der Waals surface area contributed by atoms with Crippen LogP contribution in [0.4, 0.5) is 0 Å². The molecule has 1 saturated heterocycles. The summed E-state index contributed by atoms with van der Waals surface area (Å²) in [5.74, 6) is -0.528. The van der Waals surface area contributed by atoms with Crippen molar-refractivity contribution < 1.29 is 33.6 Å². The third-order valence-electron chi connectivity index (χ3n) is 5.23. The number of ether oxygens (including phenoxy) is 5. The summed E-state index contributed by atoms with van der Waals surface area (Å²) in [5, 5.41) is 11.1. The van der Waals surface area contributed by atoms with Gasteiger partial charge in [-0.1, -0.05) is 60.7 Å². The van der Waals surface area contributed by atoms with E-state index in [1.165, 1.54) is 6.92 Å². The van der Waals surface area contributed by atoms with Crippen molar-refractivity contribution in [2.24, 2.45) is 5.73 Å². The van der Waals surface area contributed by atoms with Gasteiger partial charge in [-0.2, -0.15) is 0 Å². The summed E-state index contributed by atoms with van der Waals surface area (Å²) < 4.78 is 29.2. The Kier molecular flexibility index (Phi) is 10.3. The number of aliphatic hydroxyl groups is 1. The highest BCUT2D eigenvalue weighted by atomic mass is 16.7. The summed E-state index contributed by atoms with van der Waals surface area (Å²) in [6, 6.07) is 19.3. The number of nitrogens with two attached hydrogens (primary N) is 1. The molecule has 33 heavy (non-hydrogen) atoms. The van der Waals surface area contributed by atoms with Gasteiger partial charge in [0.15, 0.2) is 12.4 Å². The van der Waals surface area contributed by atoms with E-state index in [0.717, 1.165) is 11.1 Å². The Morgan fingerprint density at radius 3 is 2.21 bits per heavy atom. The SMILES string of the molecule is CC(=O)OC1C(COCc2ccccc2)OC(OCCCN)C(OCc2ccccc2)C1O. The van der Waals surface area contributed by atoms with Crippen LogP contribution in [-0.4, -0.2) is 61.5 Å². The highest BCUT2D eigenvalue weighted by Gasteiger charge is 2.48. The Bertz CT molecular complexity index is 818. The van der Waals surface area contributed by atoms with Gasteiger partial charge in [-0.05, 0) is 24.1 Å². The molecule has 1 aliphatic heterocycles. The topological polar surface area (TPSA) is 109 Å². The predicted molar refractivity (Wildman–Crippen MR) is 121 cm³/mol. The average molecular weight is 460 g/mol. The molecule has 0 amide bonds. The van der Waals surface area contributed by atoms with Crippen LogP contribution in [0.25, 0.3) is 0 Å². The fraction of sp³-hybridized carbons (Fsp3) is 0.480. The minimum atomic E-state index is -1.17. The van der Waals surface area contributed by atoms with E-state index in [1.807, 2.05) is 60.7 Å². The van der Waals surface area contributed by atoms with Gasteiger partial charge in [0.05, 0.1) is 26.4 Å². The number of esters is 1. The van der Waals surface area contributed by atoms with E-state index in [4.69, 9.17) is 29.4 Å². The first kappa shape index (κ1) is 25.3. The molecule has 8 heteroatoms. The van der Waals surface area contributed by atoms with Crippen molar-refractivity contribution in [2.45, 2.75) is 57.3 Å². The molecule has 8 nitrogen and oxygen atoms in total. The second kappa shape index (κ2) is 13.4. The first-order chi connectivity index (χ1) is 16.1. The lowest BCUT2D eigenvalue weighted by atomic mass is 9.98. The van der Waals surface area contributed by atoms with E-state index < -0.39 is 36.7 Å². The van der Waals surface area contributed by atoms with Crippen LogP contribution >= 0.6 is 0 Å². The molecule has 0 bridgehead atoms. The molecule has 0 saturated carbocycles. The molecule has 0 aliphatic carbocycles. The van der Waals surface area contributed by atoms with Gasteiger partial charge in [0, 0.05) is 6.92 Å². The molecule has 0 radical (unpaired) electrons. The fourth-order valence-corrected chi connectivity index (χ4v) is 3.59. The smallest absolute Gasteiger partial charge is 0.303 e. The zero-order chi connectivity index (χ0) is 23.5. The maximum atomic E-state index is 11.8. The van der Waals surface area contributed by atoms with E-state index in [1.54, 1.807) is 0 Å². The summed E-state index contributed by atoms with van der Waals surface area (Å²) >= 11 is 0. The largest absolute Gasteiger partial charge is 0.457 e. The van der Waals surface area contributed by atoms with E-state index in [9.17, 15) is 9.90 Å². The molecule has 3 rings (SSSR count). The van der Waals surface area contributed by atoms with Crippen LogP contribution < -0.4 is 5.73 Å². The number of carbonyl (C=O) groups is 1. The normalized spacial score (nSPS) is 25.0. The van der Waals surface area contributed by atoms with Gasteiger partial charge in [0.25, 0.3) is 0 Å². The lowest BCUT2D eigenvalue weighted by Gasteiger charge is -2.43. The van der Waals surface area contributed by atoms with Crippen LogP contribution in [0.3, 0.4) is 0 Å². The third-order valence-corrected chi connectivity index (χ3v) is 5.23.